The number of rotatable bonds is 5. The van der Waals surface area contributed by atoms with Gasteiger partial charge in [0.25, 0.3) is 0 Å². The molecule has 2 N–H and O–H groups in total. The first-order valence-corrected chi connectivity index (χ1v) is 8.27. The lowest BCUT2D eigenvalue weighted by atomic mass is 10.1. The van der Waals surface area contributed by atoms with Gasteiger partial charge >= 0.3 is 0 Å². The second-order valence-corrected chi connectivity index (χ2v) is 6.59. The number of aliphatic hydroxyl groups excluding tert-OH is 2. The largest absolute Gasteiger partial charge is 0.390 e. The summed E-state index contributed by atoms with van der Waals surface area (Å²) in [5, 5.41) is 22.2. The summed E-state index contributed by atoms with van der Waals surface area (Å²) < 4.78 is 5.25. The predicted octanol–water partition coefficient (Wildman–Crippen LogP) is 2.35. The fourth-order valence-corrected chi connectivity index (χ4v) is 2.91. The molecule has 122 valence electrons. The van der Waals surface area contributed by atoms with E-state index in [-0.39, 0.29) is 24.6 Å². The van der Waals surface area contributed by atoms with E-state index in [0.29, 0.717) is 16.4 Å². The molecule has 8 heteroatoms. The number of hydrogen-bond acceptors (Lipinski definition) is 8. The molecule has 0 fully saturated rings. The zero-order valence-electron chi connectivity index (χ0n) is 13.0. The van der Waals surface area contributed by atoms with Gasteiger partial charge in [-0.1, -0.05) is 0 Å². The Hall–Kier alpha value is -1.19. The number of Topliss-reactive ketones (excluding diaryl/α,β-unsaturated/α-hetero) is 1. The first kappa shape index (κ1) is 18.9. The third-order valence-electron chi connectivity index (χ3n) is 2.75. The standard InChI is InChI=1S/C8H13NO2S.C6H7NO2S/c1-8(2,11-3)7-9-6(4-10)5-12-7;1-4(9)6-7-5(2-8)3-10-6/h5,10H,4H2,1-3H3;3,8H,2H2,1H3. The normalized spacial score (nSPS) is 11.0. The molecule has 0 aliphatic carbocycles. The van der Waals surface area contributed by atoms with E-state index in [9.17, 15) is 4.79 Å². The van der Waals surface area contributed by atoms with Crippen LogP contribution in [0.3, 0.4) is 0 Å². The molecule has 6 nitrogen and oxygen atoms in total. The van der Waals surface area contributed by atoms with Crippen LogP contribution in [0.15, 0.2) is 10.8 Å². The summed E-state index contributed by atoms with van der Waals surface area (Å²) >= 11 is 2.77. The number of carbonyl (C=O) groups is 1. The Morgan fingerprint density at radius 1 is 1.18 bits per heavy atom. The van der Waals surface area contributed by atoms with Crippen molar-refractivity contribution in [2.24, 2.45) is 0 Å². The Balaban J connectivity index is 0.000000224. The summed E-state index contributed by atoms with van der Waals surface area (Å²) in [4.78, 5) is 18.7. The predicted molar refractivity (Wildman–Crippen MR) is 86.1 cm³/mol. The maximum atomic E-state index is 10.6. The summed E-state index contributed by atoms with van der Waals surface area (Å²) in [7, 11) is 1.65. The molecule has 0 bridgehead atoms. The zero-order chi connectivity index (χ0) is 16.8. The Morgan fingerprint density at radius 3 is 2.09 bits per heavy atom. The van der Waals surface area contributed by atoms with Gasteiger partial charge in [0.05, 0.1) is 24.6 Å². The Kier molecular flexibility index (Phi) is 7.24. The van der Waals surface area contributed by atoms with Crippen molar-refractivity contribution < 1.29 is 19.7 Å². The molecule has 0 spiro atoms. The number of ether oxygens (including phenoxy) is 1. The molecule has 0 unspecified atom stereocenters. The Labute approximate surface area is 137 Å². The van der Waals surface area contributed by atoms with Gasteiger partial charge in [-0.2, -0.15) is 0 Å². The number of ketones is 1. The van der Waals surface area contributed by atoms with Crippen molar-refractivity contribution in [1.29, 1.82) is 0 Å². The quantitative estimate of drug-likeness (QED) is 0.809. The van der Waals surface area contributed by atoms with Crippen LogP contribution >= 0.6 is 22.7 Å². The summed E-state index contributed by atoms with van der Waals surface area (Å²) in [6.07, 6.45) is 0. The summed E-state index contributed by atoms with van der Waals surface area (Å²) in [6.45, 7) is 5.26. The highest BCUT2D eigenvalue weighted by molar-refractivity contribution is 7.11. The second-order valence-electron chi connectivity index (χ2n) is 4.87. The molecule has 2 rings (SSSR count). The van der Waals surface area contributed by atoms with E-state index in [1.165, 1.54) is 29.6 Å². The van der Waals surface area contributed by atoms with Gasteiger partial charge in [0.2, 0.25) is 0 Å². The van der Waals surface area contributed by atoms with Crippen molar-refractivity contribution in [1.82, 2.24) is 9.97 Å². The number of methoxy groups -OCH3 is 1. The van der Waals surface area contributed by atoms with Crippen molar-refractivity contribution in [2.75, 3.05) is 7.11 Å². The molecular weight excluding hydrogens is 324 g/mol. The molecule has 22 heavy (non-hydrogen) atoms. The number of nitrogens with zero attached hydrogens (tertiary/aromatic N) is 2. The first-order valence-electron chi connectivity index (χ1n) is 6.51. The van der Waals surface area contributed by atoms with E-state index in [4.69, 9.17) is 14.9 Å². The van der Waals surface area contributed by atoms with E-state index in [0.717, 1.165) is 5.01 Å². The van der Waals surface area contributed by atoms with Gasteiger partial charge < -0.3 is 14.9 Å². The molecule has 0 saturated carbocycles. The lowest BCUT2D eigenvalue weighted by Crippen LogP contribution is -2.19. The van der Waals surface area contributed by atoms with E-state index in [1.54, 1.807) is 12.5 Å². The van der Waals surface area contributed by atoms with E-state index in [2.05, 4.69) is 9.97 Å². The minimum Gasteiger partial charge on any atom is -0.390 e. The number of aliphatic hydroxyl groups is 2. The number of aromatic nitrogens is 2. The monoisotopic (exact) mass is 344 g/mol. The number of thiazole rings is 2. The Morgan fingerprint density at radius 2 is 1.73 bits per heavy atom. The van der Waals surface area contributed by atoms with Crippen LogP contribution < -0.4 is 0 Å². The molecule has 0 atom stereocenters. The minimum atomic E-state index is -0.349. The SMILES string of the molecule is CC(=O)c1nc(CO)cs1.COC(C)(C)c1nc(CO)cs1. The van der Waals surface area contributed by atoms with E-state index >= 15 is 0 Å². The maximum Gasteiger partial charge on any atom is 0.188 e. The fraction of sp³-hybridized carbons (Fsp3) is 0.500. The van der Waals surface area contributed by atoms with Crippen LogP contribution in [0.1, 0.15) is 47.0 Å². The summed E-state index contributed by atoms with van der Waals surface area (Å²) in [6, 6.07) is 0. The molecule has 2 heterocycles. The molecule has 0 radical (unpaired) electrons. The molecule has 0 saturated heterocycles. The molecule has 2 aromatic heterocycles. The average Bonchev–Trinajstić information content (AvgIpc) is 3.16. The zero-order valence-corrected chi connectivity index (χ0v) is 14.6. The summed E-state index contributed by atoms with van der Waals surface area (Å²) in [5.74, 6) is -0.0512. The molecular formula is C14H20N2O4S2. The van der Waals surface area contributed by atoms with Crippen LogP contribution in [0.4, 0.5) is 0 Å². The van der Waals surface area contributed by atoms with E-state index < -0.39 is 0 Å². The minimum absolute atomic E-state index is 0.00368. The van der Waals surface area contributed by atoms with Crippen LogP contribution in [0.25, 0.3) is 0 Å². The molecule has 0 aliphatic rings. The second kappa shape index (κ2) is 8.44. The average molecular weight is 344 g/mol. The topological polar surface area (TPSA) is 92.5 Å². The highest BCUT2D eigenvalue weighted by Crippen LogP contribution is 2.26. The smallest absolute Gasteiger partial charge is 0.188 e. The number of hydrogen-bond donors (Lipinski definition) is 2. The lowest BCUT2D eigenvalue weighted by Gasteiger charge is -2.19. The number of carbonyl (C=O) groups excluding carboxylic acids is 1. The van der Waals surface area contributed by atoms with Crippen LogP contribution in [0, 0.1) is 0 Å². The van der Waals surface area contributed by atoms with Gasteiger partial charge in [0.15, 0.2) is 10.8 Å². The lowest BCUT2D eigenvalue weighted by molar-refractivity contribution is 0.0188. The van der Waals surface area contributed by atoms with Crippen molar-refractivity contribution in [3.63, 3.8) is 0 Å². The van der Waals surface area contributed by atoms with Crippen LogP contribution in [0.2, 0.25) is 0 Å². The first-order chi connectivity index (χ1) is 10.3. The molecule has 0 amide bonds. The maximum absolute atomic E-state index is 10.6. The van der Waals surface area contributed by atoms with Gasteiger partial charge in [0, 0.05) is 24.8 Å². The van der Waals surface area contributed by atoms with E-state index in [1.807, 2.05) is 19.2 Å². The van der Waals surface area contributed by atoms with Crippen LogP contribution in [-0.4, -0.2) is 33.1 Å². The van der Waals surface area contributed by atoms with Crippen LogP contribution in [-0.2, 0) is 23.6 Å². The third kappa shape index (κ3) is 5.22. The van der Waals surface area contributed by atoms with Gasteiger partial charge in [-0.15, -0.1) is 22.7 Å². The van der Waals surface area contributed by atoms with Gasteiger partial charge in [-0.3, -0.25) is 4.79 Å². The molecule has 0 aliphatic heterocycles. The van der Waals surface area contributed by atoms with Gasteiger partial charge in [0.1, 0.15) is 10.6 Å². The molecule has 2 aromatic rings. The van der Waals surface area contributed by atoms with Gasteiger partial charge in [-0.05, 0) is 13.8 Å². The molecule has 0 aromatic carbocycles. The fourth-order valence-electron chi connectivity index (χ4n) is 1.28. The third-order valence-corrected chi connectivity index (χ3v) is 4.94. The highest BCUT2D eigenvalue weighted by Gasteiger charge is 2.23. The van der Waals surface area contributed by atoms with Crippen molar-refractivity contribution in [2.45, 2.75) is 39.6 Å². The van der Waals surface area contributed by atoms with Crippen LogP contribution in [0.5, 0.6) is 0 Å². The van der Waals surface area contributed by atoms with Crippen molar-refractivity contribution in [3.05, 3.63) is 32.2 Å². The Bertz CT molecular complexity index is 608. The van der Waals surface area contributed by atoms with Crippen molar-refractivity contribution >= 4 is 28.5 Å². The highest BCUT2D eigenvalue weighted by atomic mass is 32.1. The van der Waals surface area contributed by atoms with Crippen molar-refractivity contribution in [3.8, 4) is 0 Å². The summed E-state index contributed by atoms with van der Waals surface area (Å²) in [5.41, 5.74) is 0.924. The van der Waals surface area contributed by atoms with Gasteiger partial charge in [-0.25, -0.2) is 9.97 Å².